The Hall–Kier alpha value is -2.99. The van der Waals surface area contributed by atoms with E-state index in [0.717, 1.165) is 26.6 Å². The largest absolute Gasteiger partial charge is 0.304 e. The van der Waals surface area contributed by atoms with Crippen molar-refractivity contribution in [1.82, 2.24) is 24.7 Å². The third-order valence-corrected chi connectivity index (χ3v) is 4.70. The van der Waals surface area contributed by atoms with E-state index in [1.165, 1.54) is 11.8 Å². The van der Waals surface area contributed by atoms with Gasteiger partial charge in [0.2, 0.25) is 0 Å². The van der Waals surface area contributed by atoms with E-state index in [1.54, 1.807) is 6.33 Å². The molecule has 2 aromatic heterocycles. The van der Waals surface area contributed by atoms with Crippen molar-refractivity contribution in [2.75, 3.05) is 0 Å². The molecule has 0 fully saturated rings. The highest BCUT2D eigenvalue weighted by Crippen LogP contribution is 2.32. The minimum Gasteiger partial charge on any atom is -0.304 e. The molecule has 122 valence electrons. The zero-order valence-corrected chi connectivity index (χ0v) is 14.2. The van der Waals surface area contributed by atoms with Gasteiger partial charge < -0.3 is 4.57 Å². The molecule has 0 aliphatic heterocycles. The Balaban J connectivity index is 1.84. The number of allylic oxidation sites excluding steroid dienone is 1. The predicted molar refractivity (Wildman–Crippen MR) is 99.3 cm³/mol. The smallest absolute Gasteiger partial charge is 0.197 e. The molecular weight excluding hydrogens is 330 g/mol. The van der Waals surface area contributed by atoms with Gasteiger partial charge in [-0.05, 0) is 17.8 Å². The fraction of sp³-hybridized carbons (Fsp3) is 0.0526. The van der Waals surface area contributed by atoms with Crippen molar-refractivity contribution in [2.24, 2.45) is 0 Å². The lowest BCUT2D eigenvalue weighted by Crippen LogP contribution is -1.98. The summed E-state index contributed by atoms with van der Waals surface area (Å²) < 4.78 is 1.94. The molecule has 0 atom stereocenters. The first-order chi connectivity index (χ1) is 12.3. The molecule has 0 saturated heterocycles. The molecule has 5 nitrogen and oxygen atoms in total. The third kappa shape index (κ3) is 3.16. The van der Waals surface area contributed by atoms with Gasteiger partial charge in [0.05, 0.1) is 5.52 Å². The van der Waals surface area contributed by atoms with Crippen LogP contribution >= 0.6 is 11.8 Å². The molecule has 6 heteroatoms. The van der Waals surface area contributed by atoms with E-state index >= 15 is 0 Å². The molecule has 0 N–H and O–H groups in total. The molecule has 25 heavy (non-hydrogen) atoms. The van der Waals surface area contributed by atoms with Gasteiger partial charge in [0.1, 0.15) is 11.4 Å². The summed E-state index contributed by atoms with van der Waals surface area (Å²) in [5.74, 6) is 0.705. The lowest BCUT2D eigenvalue weighted by molar-refractivity contribution is 0.724. The van der Waals surface area contributed by atoms with Gasteiger partial charge in [0.25, 0.3) is 0 Å². The number of hydrogen-bond donors (Lipinski definition) is 0. The number of fused-ring (bicyclic) bond motifs is 1. The van der Waals surface area contributed by atoms with E-state index in [0.29, 0.717) is 12.4 Å². The standard InChI is InChI=1S/C19H15N5S/c1-2-12-24-13-20-23-19(24)25-18-15-10-6-7-11-16(15)21-17(22-18)14-8-4-3-5-9-14/h2-11,13H,1,12H2. The van der Waals surface area contributed by atoms with Crippen molar-refractivity contribution in [3.8, 4) is 11.4 Å². The van der Waals surface area contributed by atoms with Crippen LogP contribution in [0.2, 0.25) is 0 Å². The first kappa shape index (κ1) is 15.5. The highest BCUT2D eigenvalue weighted by Gasteiger charge is 2.13. The Morgan fingerprint density at radius 2 is 1.80 bits per heavy atom. The number of benzene rings is 2. The number of nitrogens with zero attached hydrogens (tertiary/aromatic N) is 5. The van der Waals surface area contributed by atoms with Gasteiger partial charge >= 0.3 is 0 Å². The van der Waals surface area contributed by atoms with E-state index in [-0.39, 0.29) is 0 Å². The van der Waals surface area contributed by atoms with Gasteiger partial charge in [0, 0.05) is 17.5 Å². The van der Waals surface area contributed by atoms with Crippen molar-refractivity contribution in [1.29, 1.82) is 0 Å². The van der Waals surface area contributed by atoms with E-state index < -0.39 is 0 Å². The van der Waals surface area contributed by atoms with Crippen LogP contribution in [0.25, 0.3) is 22.3 Å². The summed E-state index contributed by atoms with van der Waals surface area (Å²) in [7, 11) is 0. The molecule has 0 aliphatic rings. The summed E-state index contributed by atoms with van der Waals surface area (Å²) in [5, 5.41) is 10.8. The molecule has 0 unspecified atom stereocenters. The Labute approximate surface area is 149 Å². The molecule has 4 aromatic rings. The van der Waals surface area contributed by atoms with Gasteiger partial charge in [-0.25, -0.2) is 9.97 Å². The maximum Gasteiger partial charge on any atom is 0.197 e. The van der Waals surface area contributed by atoms with Crippen LogP contribution in [0.3, 0.4) is 0 Å². The second-order valence-electron chi connectivity index (χ2n) is 5.39. The minimum absolute atomic E-state index is 0.657. The lowest BCUT2D eigenvalue weighted by Gasteiger charge is -2.08. The fourth-order valence-electron chi connectivity index (χ4n) is 2.52. The van der Waals surface area contributed by atoms with E-state index in [9.17, 15) is 0 Å². The number of para-hydroxylation sites is 1. The average molecular weight is 345 g/mol. The van der Waals surface area contributed by atoms with Crippen molar-refractivity contribution < 1.29 is 0 Å². The molecular formula is C19H15N5S. The van der Waals surface area contributed by atoms with Gasteiger partial charge in [-0.3, -0.25) is 0 Å². The predicted octanol–water partition coefficient (Wildman–Crippen LogP) is 4.23. The quantitative estimate of drug-likeness (QED) is 0.400. The summed E-state index contributed by atoms with van der Waals surface area (Å²) >= 11 is 1.49. The van der Waals surface area contributed by atoms with Crippen LogP contribution < -0.4 is 0 Å². The number of aromatic nitrogens is 5. The maximum atomic E-state index is 4.79. The van der Waals surface area contributed by atoms with Gasteiger partial charge in [-0.1, -0.05) is 54.6 Å². The monoisotopic (exact) mass is 345 g/mol. The van der Waals surface area contributed by atoms with E-state index in [2.05, 4.69) is 16.8 Å². The average Bonchev–Trinajstić information content (AvgIpc) is 3.09. The minimum atomic E-state index is 0.657. The molecule has 0 aliphatic carbocycles. The summed E-state index contributed by atoms with van der Waals surface area (Å²) in [6.07, 6.45) is 3.52. The highest BCUT2D eigenvalue weighted by atomic mass is 32.2. The Morgan fingerprint density at radius 1 is 1.00 bits per heavy atom. The Bertz CT molecular complexity index is 1030. The summed E-state index contributed by atoms with van der Waals surface area (Å²) in [5.41, 5.74) is 1.90. The van der Waals surface area contributed by atoms with Crippen LogP contribution in [0.1, 0.15) is 0 Å². The third-order valence-electron chi connectivity index (χ3n) is 3.69. The molecule has 0 spiro atoms. The summed E-state index contributed by atoms with van der Waals surface area (Å²) in [4.78, 5) is 9.50. The molecule has 0 amide bonds. The maximum absolute atomic E-state index is 4.79. The van der Waals surface area contributed by atoms with Crippen molar-refractivity contribution >= 4 is 22.7 Å². The number of rotatable bonds is 5. The van der Waals surface area contributed by atoms with Crippen LogP contribution in [-0.2, 0) is 6.54 Å². The van der Waals surface area contributed by atoms with Crippen LogP contribution in [0.5, 0.6) is 0 Å². The van der Waals surface area contributed by atoms with E-state index in [4.69, 9.17) is 9.97 Å². The first-order valence-corrected chi connectivity index (χ1v) is 8.65. The van der Waals surface area contributed by atoms with Crippen molar-refractivity contribution in [2.45, 2.75) is 16.7 Å². The molecule has 2 heterocycles. The zero-order valence-electron chi connectivity index (χ0n) is 13.4. The normalized spacial score (nSPS) is 10.9. The number of hydrogen-bond acceptors (Lipinski definition) is 5. The zero-order chi connectivity index (χ0) is 17.1. The second kappa shape index (κ2) is 6.86. The summed E-state index contributed by atoms with van der Waals surface area (Å²) in [6, 6.07) is 18.0. The van der Waals surface area contributed by atoms with Crippen LogP contribution in [0.15, 0.2) is 83.8 Å². The van der Waals surface area contributed by atoms with Gasteiger partial charge in [-0.15, -0.1) is 16.8 Å². The fourth-order valence-corrected chi connectivity index (χ4v) is 3.43. The summed E-state index contributed by atoms with van der Waals surface area (Å²) in [6.45, 7) is 4.43. The molecule has 0 saturated carbocycles. The molecule has 4 rings (SSSR count). The van der Waals surface area contributed by atoms with Crippen LogP contribution in [0, 0.1) is 0 Å². The van der Waals surface area contributed by atoms with E-state index in [1.807, 2.05) is 65.2 Å². The molecule has 0 bridgehead atoms. The highest BCUT2D eigenvalue weighted by molar-refractivity contribution is 7.99. The SMILES string of the molecule is C=CCn1cnnc1Sc1nc(-c2ccccc2)nc2ccccc12. The topological polar surface area (TPSA) is 56.5 Å². The molecule has 0 radical (unpaired) electrons. The Morgan fingerprint density at radius 3 is 2.64 bits per heavy atom. The lowest BCUT2D eigenvalue weighted by atomic mass is 10.2. The second-order valence-corrected chi connectivity index (χ2v) is 6.35. The van der Waals surface area contributed by atoms with Crippen molar-refractivity contribution in [3.63, 3.8) is 0 Å². The van der Waals surface area contributed by atoms with Crippen molar-refractivity contribution in [3.05, 3.63) is 73.6 Å². The first-order valence-electron chi connectivity index (χ1n) is 7.84. The Kier molecular flexibility index (Phi) is 4.26. The molecule has 2 aromatic carbocycles. The van der Waals surface area contributed by atoms with Gasteiger partial charge in [0.15, 0.2) is 11.0 Å². The van der Waals surface area contributed by atoms with Gasteiger partial charge in [-0.2, -0.15) is 0 Å². The van der Waals surface area contributed by atoms with Crippen LogP contribution in [0.4, 0.5) is 0 Å². The van der Waals surface area contributed by atoms with Crippen LogP contribution in [-0.4, -0.2) is 24.7 Å².